The Bertz CT molecular complexity index is 1120. The van der Waals surface area contributed by atoms with Crippen LogP contribution in [-0.2, 0) is 11.2 Å². The highest BCUT2D eigenvalue weighted by molar-refractivity contribution is 6.15. The number of benzene rings is 2. The molecule has 0 fully saturated rings. The molecule has 2 aliphatic heterocycles. The van der Waals surface area contributed by atoms with Gasteiger partial charge in [-0.25, -0.2) is 4.99 Å². The molecule has 0 saturated carbocycles. The molecule has 4 rings (SSSR count). The quantitative estimate of drug-likeness (QED) is 0.783. The number of nitrogens with one attached hydrogen (secondary N) is 1. The van der Waals surface area contributed by atoms with E-state index in [1.807, 2.05) is 25.1 Å². The largest absolute Gasteiger partial charge is 0.497 e. The van der Waals surface area contributed by atoms with Crippen molar-refractivity contribution in [1.82, 2.24) is 10.2 Å². The molecule has 1 unspecified atom stereocenters. The summed E-state index contributed by atoms with van der Waals surface area (Å²) in [6.07, 6.45) is 5.43. The molecule has 0 spiro atoms. The van der Waals surface area contributed by atoms with Gasteiger partial charge in [-0.2, -0.15) is 0 Å². The van der Waals surface area contributed by atoms with Crippen molar-refractivity contribution in [1.29, 1.82) is 0 Å². The summed E-state index contributed by atoms with van der Waals surface area (Å²) in [5.74, 6) is 0.961. The Kier molecular flexibility index (Phi) is 5.33. The van der Waals surface area contributed by atoms with E-state index in [9.17, 15) is 9.59 Å². The Labute approximate surface area is 180 Å². The lowest BCUT2D eigenvalue weighted by Gasteiger charge is -2.27. The summed E-state index contributed by atoms with van der Waals surface area (Å²) in [5, 5.41) is 2.89. The van der Waals surface area contributed by atoms with Gasteiger partial charge in [0.15, 0.2) is 0 Å². The highest BCUT2D eigenvalue weighted by Gasteiger charge is 2.49. The van der Waals surface area contributed by atoms with E-state index >= 15 is 0 Å². The van der Waals surface area contributed by atoms with Crippen molar-refractivity contribution in [3.8, 4) is 11.5 Å². The molecule has 0 bridgehead atoms. The Balaban J connectivity index is 1.79. The molecule has 2 aromatic carbocycles. The average Bonchev–Trinajstić information content (AvgIpc) is 3.04. The molecular formula is C24H23N3O4. The van der Waals surface area contributed by atoms with Gasteiger partial charge in [0.2, 0.25) is 5.66 Å². The number of amidine groups is 1. The minimum atomic E-state index is -1.52. The number of allylic oxidation sites excluding steroid dienone is 2. The summed E-state index contributed by atoms with van der Waals surface area (Å²) in [7, 11) is 3.12. The van der Waals surface area contributed by atoms with E-state index in [0.29, 0.717) is 28.5 Å². The fourth-order valence-electron chi connectivity index (χ4n) is 3.68. The van der Waals surface area contributed by atoms with Crippen LogP contribution in [0.25, 0.3) is 0 Å². The summed E-state index contributed by atoms with van der Waals surface area (Å²) < 4.78 is 10.8. The highest BCUT2D eigenvalue weighted by Crippen LogP contribution is 2.33. The molecule has 2 amide bonds. The van der Waals surface area contributed by atoms with E-state index in [1.54, 1.807) is 62.9 Å². The van der Waals surface area contributed by atoms with Crippen LogP contribution in [0.15, 0.2) is 77.4 Å². The topological polar surface area (TPSA) is 80.2 Å². The van der Waals surface area contributed by atoms with Crippen molar-refractivity contribution in [2.24, 2.45) is 4.99 Å². The molecule has 1 atom stereocenters. The zero-order chi connectivity index (χ0) is 22.0. The fourth-order valence-corrected chi connectivity index (χ4v) is 3.68. The maximum Gasteiger partial charge on any atom is 0.281 e. The van der Waals surface area contributed by atoms with Gasteiger partial charge in [-0.15, -0.1) is 0 Å². The zero-order valence-electron chi connectivity index (χ0n) is 17.6. The molecule has 31 heavy (non-hydrogen) atoms. The lowest BCUT2D eigenvalue weighted by molar-refractivity contribution is -0.130. The maximum atomic E-state index is 13.5. The van der Waals surface area contributed by atoms with Gasteiger partial charge in [0.05, 0.1) is 14.2 Å². The number of methoxy groups -OCH3 is 2. The van der Waals surface area contributed by atoms with Crippen molar-refractivity contribution in [3.05, 3.63) is 83.6 Å². The number of hydrogen-bond donors (Lipinski definition) is 1. The number of carbonyl (C=O) groups is 2. The predicted octanol–water partition coefficient (Wildman–Crippen LogP) is 3.09. The van der Waals surface area contributed by atoms with Gasteiger partial charge in [-0.3, -0.25) is 14.5 Å². The third-order valence-corrected chi connectivity index (χ3v) is 5.26. The minimum absolute atomic E-state index is 0.103. The zero-order valence-corrected chi connectivity index (χ0v) is 17.6. The number of aliphatic imine (C=N–C) groups is 1. The number of ether oxygens (including phenoxy) is 2. The van der Waals surface area contributed by atoms with Crippen LogP contribution in [0.4, 0.5) is 0 Å². The monoisotopic (exact) mass is 417 g/mol. The van der Waals surface area contributed by atoms with Gasteiger partial charge < -0.3 is 14.8 Å². The van der Waals surface area contributed by atoms with Gasteiger partial charge in [0, 0.05) is 23.7 Å². The van der Waals surface area contributed by atoms with Crippen molar-refractivity contribution in [2.45, 2.75) is 19.0 Å². The van der Waals surface area contributed by atoms with Gasteiger partial charge in [-0.05, 0) is 55.0 Å². The second-order valence-electron chi connectivity index (χ2n) is 7.38. The molecule has 1 N–H and O–H groups in total. The molecule has 0 aromatic heterocycles. The number of rotatable bonds is 6. The summed E-state index contributed by atoms with van der Waals surface area (Å²) in [4.78, 5) is 32.8. The van der Waals surface area contributed by atoms with E-state index < -0.39 is 5.66 Å². The van der Waals surface area contributed by atoms with Gasteiger partial charge in [-0.1, -0.05) is 18.2 Å². The first-order valence-corrected chi connectivity index (χ1v) is 9.84. The van der Waals surface area contributed by atoms with E-state index in [2.05, 4.69) is 5.32 Å². The van der Waals surface area contributed by atoms with E-state index in [1.165, 1.54) is 4.90 Å². The number of fused-ring (bicyclic) bond motifs is 1. The number of carbonyl (C=O) groups excluding carboxylic acids is 2. The number of nitrogens with zero attached hydrogens (tertiary/aromatic N) is 2. The van der Waals surface area contributed by atoms with Crippen LogP contribution in [0.3, 0.4) is 0 Å². The average molecular weight is 417 g/mol. The van der Waals surface area contributed by atoms with Crippen molar-refractivity contribution >= 4 is 17.6 Å². The summed E-state index contributed by atoms with van der Waals surface area (Å²) in [5.41, 5.74) is 0.580. The second kappa shape index (κ2) is 8.10. The van der Waals surface area contributed by atoms with Crippen molar-refractivity contribution < 1.29 is 19.1 Å². The van der Waals surface area contributed by atoms with E-state index in [4.69, 9.17) is 14.5 Å². The fraction of sp³-hybridized carbons (Fsp3) is 0.208. The van der Waals surface area contributed by atoms with Gasteiger partial charge in [0.1, 0.15) is 17.3 Å². The van der Waals surface area contributed by atoms with Crippen molar-refractivity contribution in [2.75, 3.05) is 14.2 Å². The smallest absolute Gasteiger partial charge is 0.281 e. The van der Waals surface area contributed by atoms with Gasteiger partial charge in [0.25, 0.3) is 11.8 Å². The molecule has 0 radical (unpaired) electrons. The molecule has 2 aromatic rings. The highest BCUT2D eigenvalue weighted by atomic mass is 16.5. The first-order chi connectivity index (χ1) is 15.0. The minimum Gasteiger partial charge on any atom is -0.497 e. The first-order valence-electron chi connectivity index (χ1n) is 9.84. The summed E-state index contributed by atoms with van der Waals surface area (Å²) in [6.45, 7) is 1.93. The Hall–Kier alpha value is -3.87. The first kappa shape index (κ1) is 20.4. The van der Waals surface area contributed by atoms with Crippen LogP contribution in [0, 0.1) is 0 Å². The maximum absolute atomic E-state index is 13.5. The Morgan fingerprint density at radius 1 is 1.13 bits per heavy atom. The van der Waals surface area contributed by atoms with Crippen molar-refractivity contribution in [3.63, 3.8) is 0 Å². The predicted molar refractivity (Wildman–Crippen MR) is 117 cm³/mol. The SMILES string of the molecule is COc1ccc(OC)c(CC2(NC(=O)c3ccccc3)N=C3C=C(C)C=CN3C2=O)c1. The molecule has 7 heteroatoms. The second-order valence-corrected chi connectivity index (χ2v) is 7.38. The van der Waals surface area contributed by atoms with Gasteiger partial charge >= 0.3 is 0 Å². The lowest BCUT2D eigenvalue weighted by atomic mass is 9.97. The molecular weight excluding hydrogens is 394 g/mol. The Morgan fingerprint density at radius 2 is 1.90 bits per heavy atom. The third-order valence-electron chi connectivity index (χ3n) is 5.26. The molecule has 7 nitrogen and oxygen atoms in total. The summed E-state index contributed by atoms with van der Waals surface area (Å²) in [6, 6.07) is 14.1. The number of hydrogen-bond acceptors (Lipinski definition) is 5. The number of amides is 2. The normalized spacial score (nSPS) is 19.5. The van der Waals surface area contributed by atoms with Crippen LogP contribution in [0.2, 0.25) is 0 Å². The van der Waals surface area contributed by atoms with Crippen LogP contribution >= 0.6 is 0 Å². The molecule has 2 heterocycles. The van der Waals surface area contributed by atoms with E-state index in [0.717, 1.165) is 5.57 Å². The van der Waals surface area contributed by atoms with Crippen LogP contribution in [-0.4, -0.2) is 42.4 Å². The summed E-state index contributed by atoms with van der Waals surface area (Å²) >= 11 is 0. The molecule has 0 saturated heterocycles. The van der Waals surface area contributed by atoms with Crippen LogP contribution < -0.4 is 14.8 Å². The molecule has 2 aliphatic rings. The van der Waals surface area contributed by atoms with Crippen LogP contribution in [0.5, 0.6) is 11.5 Å². The third kappa shape index (κ3) is 3.82. The molecule has 158 valence electrons. The molecule has 0 aliphatic carbocycles. The van der Waals surface area contributed by atoms with Crippen LogP contribution in [0.1, 0.15) is 22.8 Å². The lowest BCUT2D eigenvalue weighted by Crippen LogP contribution is -2.55. The Morgan fingerprint density at radius 3 is 2.61 bits per heavy atom. The standard InChI is InChI=1S/C24H23N3O4/c1-16-11-12-27-21(13-16)25-24(23(27)29,26-22(28)17-7-5-4-6-8-17)15-18-14-19(30-2)9-10-20(18)31-3/h4-14H,15H2,1-3H3,(H,26,28). The van der Waals surface area contributed by atoms with E-state index in [-0.39, 0.29) is 18.2 Å².